The van der Waals surface area contributed by atoms with E-state index in [1.165, 1.54) is 50.5 Å². The van der Waals surface area contributed by atoms with Crippen LogP contribution in [0.5, 0.6) is 0 Å². The van der Waals surface area contributed by atoms with Crippen LogP contribution in [0.3, 0.4) is 0 Å². The lowest BCUT2D eigenvalue weighted by molar-refractivity contribution is 0.252. The molecule has 1 saturated carbocycles. The number of halogens is 1. The molecule has 0 radical (unpaired) electrons. The molecule has 0 unspecified atom stereocenters. The summed E-state index contributed by atoms with van der Waals surface area (Å²) in [5.41, 5.74) is 4.13. The lowest BCUT2D eigenvalue weighted by Gasteiger charge is -2.28. The Bertz CT molecular complexity index is 678. The van der Waals surface area contributed by atoms with E-state index in [1.807, 2.05) is 18.2 Å². The Hall–Kier alpha value is -1.63. The summed E-state index contributed by atoms with van der Waals surface area (Å²) in [5, 5.41) is 0. The van der Waals surface area contributed by atoms with Crippen molar-refractivity contribution in [3.8, 4) is 11.1 Å². The molecule has 0 aromatic heterocycles. The van der Waals surface area contributed by atoms with Crippen molar-refractivity contribution in [2.45, 2.75) is 71.6 Å². The van der Waals surface area contributed by atoms with Crippen LogP contribution in [-0.4, -0.2) is 0 Å². The van der Waals surface area contributed by atoms with E-state index in [4.69, 9.17) is 0 Å². The van der Waals surface area contributed by atoms with Crippen molar-refractivity contribution >= 4 is 0 Å². The van der Waals surface area contributed by atoms with Crippen LogP contribution in [0, 0.1) is 17.7 Å². The normalized spacial score (nSPS) is 20.3. The van der Waals surface area contributed by atoms with Crippen LogP contribution in [-0.2, 0) is 12.8 Å². The van der Waals surface area contributed by atoms with Crippen LogP contribution in [0.25, 0.3) is 11.1 Å². The molecule has 3 rings (SSSR count). The van der Waals surface area contributed by atoms with Gasteiger partial charge >= 0.3 is 0 Å². The molecule has 1 aliphatic rings. The zero-order valence-electron chi connectivity index (χ0n) is 16.4. The lowest BCUT2D eigenvalue weighted by Crippen LogP contribution is -2.15. The molecule has 0 saturated heterocycles. The Kier molecular flexibility index (Phi) is 6.88. The molecule has 0 heterocycles. The summed E-state index contributed by atoms with van der Waals surface area (Å²) >= 11 is 0. The first kappa shape index (κ1) is 19.1. The second-order valence-electron chi connectivity index (χ2n) is 8.08. The van der Waals surface area contributed by atoms with Gasteiger partial charge in [-0.05, 0) is 53.9 Å². The van der Waals surface area contributed by atoms with E-state index in [2.05, 4.69) is 32.0 Å². The molecule has 1 aliphatic carbocycles. The maximum atomic E-state index is 14.6. The topological polar surface area (TPSA) is 0 Å². The molecule has 0 aliphatic heterocycles. The van der Waals surface area contributed by atoms with Gasteiger partial charge in [-0.1, -0.05) is 88.8 Å². The van der Waals surface area contributed by atoms with Crippen molar-refractivity contribution in [2.75, 3.05) is 0 Å². The molecule has 2 aromatic rings. The summed E-state index contributed by atoms with van der Waals surface area (Å²) in [6, 6.07) is 14.1. The highest BCUT2D eigenvalue weighted by molar-refractivity contribution is 5.64. The minimum atomic E-state index is -0.0848. The number of benzene rings is 2. The van der Waals surface area contributed by atoms with Gasteiger partial charge in [-0.3, -0.25) is 0 Å². The van der Waals surface area contributed by atoms with Crippen molar-refractivity contribution in [2.24, 2.45) is 11.8 Å². The molecule has 1 heteroatoms. The van der Waals surface area contributed by atoms with E-state index in [0.29, 0.717) is 0 Å². The number of hydrogen-bond acceptors (Lipinski definition) is 0. The quantitative estimate of drug-likeness (QED) is 0.481. The number of rotatable bonds is 7. The average molecular weight is 353 g/mol. The average Bonchev–Trinajstić information content (AvgIpc) is 2.68. The zero-order valence-corrected chi connectivity index (χ0v) is 16.4. The van der Waals surface area contributed by atoms with Crippen LogP contribution < -0.4 is 0 Å². The fraction of sp³-hybridized carbons (Fsp3) is 0.520. The first-order valence-corrected chi connectivity index (χ1v) is 10.6. The van der Waals surface area contributed by atoms with Crippen LogP contribution in [0.1, 0.15) is 69.9 Å². The van der Waals surface area contributed by atoms with Gasteiger partial charge in [0.05, 0.1) is 0 Å². The van der Waals surface area contributed by atoms with E-state index in [9.17, 15) is 4.39 Å². The molecular formula is C25H33F. The third-order valence-corrected chi connectivity index (χ3v) is 6.21. The first-order valence-electron chi connectivity index (χ1n) is 10.6. The summed E-state index contributed by atoms with van der Waals surface area (Å²) in [4.78, 5) is 0. The van der Waals surface area contributed by atoms with E-state index >= 15 is 0 Å². The van der Waals surface area contributed by atoms with E-state index in [-0.39, 0.29) is 5.82 Å². The van der Waals surface area contributed by atoms with Gasteiger partial charge in [-0.2, -0.15) is 0 Å². The van der Waals surface area contributed by atoms with Crippen molar-refractivity contribution < 1.29 is 4.39 Å². The third kappa shape index (κ3) is 4.96. The molecule has 0 amide bonds. The fourth-order valence-corrected chi connectivity index (χ4v) is 4.46. The zero-order chi connectivity index (χ0) is 18.4. The van der Waals surface area contributed by atoms with Crippen LogP contribution in [0.4, 0.5) is 4.39 Å². The van der Waals surface area contributed by atoms with Gasteiger partial charge in [0.2, 0.25) is 0 Å². The monoisotopic (exact) mass is 352 g/mol. The summed E-state index contributed by atoms with van der Waals surface area (Å²) in [5.74, 6) is 1.72. The Balaban J connectivity index is 1.56. The molecule has 26 heavy (non-hydrogen) atoms. The van der Waals surface area contributed by atoms with E-state index < -0.39 is 0 Å². The second kappa shape index (κ2) is 9.35. The van der Waals surface area contributed by atoms with Gasteiger partial charge in [0.25, 0.3) is 0 Å². The van der Waals surface area contributed by atoms with Gasteiger partial charge in [0, 0.05) is 5.56 Å². The largest absolute Gasteiger partial charge is 0.206 e. The molecule has 0 spiro atoms. The highest BCUT2D eigenvalue weighted by Gasteiger charge is 2.20. The Morgan fingerprint density at radius 2 is 1.42 bits per heavy atom. The maximum Gasteiger partial charge on any atom is 0.131 e. The summed E-state index contributed by atoms with van der Waals surface area (Å²) in [7, 11) is 0. The van der Waals surface area contributed by atoms with E-state index in [1.54, 1.807) is 6.07 Å². The maximum absolute atomic E-state index is 14.6. The van der Waals surface area contributed by atoms with Crippen molar-refractivity contribution in [3.63, 3.8) is 0 Å². The smallest absolute Gasteiger partial charge is 0.131 e. The van der Waals surface area contributed by atoms with Crippen molar-refractivity contribution in [3.05, 3.63) is 59.4 Å². The number of aryl methyl sites for hydroxylation is 2. The van der Waals surface area contributed by atoms with Crippen LogP contribution in [0.15, 0.2) is 42.5 Å². The molecule has 1 fully saturated rings. The molecule has 2 aromatic carbocycles. The standard InChI is InChI=1S/C25H33F/c1-3-5-20-6-8-21(9-7-20)10-11-22-14-17-24(25(26)18-22)23-15-12-19(4-2)13-16-23/h12-18,20-21H,3-11H2,1-2H3. The molecule has 0 bridgehead atoms. The highest BCUT2D eigenvalue weighted by atomic mass is 19.1. The van der Waals surface area contributed by atoms with Gasteiger partial charge in [-0.15, -0.1) is 0 Å². The summed E-state index contributed by atoms with van der Waals surface area (Å²) in [6.07, 6.45) is 11.5. The molecule has 0 atom stereocenters. The van der Waals surface area contributed by atoms with Gasteiger partial charge in [-0.25, -0.2) is 4.39 Å². The Morgan fingerprint density at radius 1 is 0.808 bits per heavy atom. The number of hydrogen-bond donors (Lipinski definition) is 0. The molecule has 0 nitrogen and oxygen atoms in total. The second-order valence-corrected chi connectivity index (χ2v) is 8.08. The van der Waals surface area contributed by atoms with Gasteiger partial charge in [0.1, 0.15) is 5.82 Å². The Labute approximate surface area is 158 Å². The predicted octanol–water partition coefficient (Wildman–Crippen LogP) is 7.59. The Morgan fingerprint density at radius 3 is 2.00 bits per heavy atom. The van der Waals surface area contributed by atoms with E-state index in [0.717, 1.165) is 41.4 Å². The fourth-order valence-electron chi connectivity index (χ4n) is 4.46. The van der Waals surface area contributed by atoms with Gasteiger partial charge in [0.15, 0.2) is 0 Å². The molecule has 0 N–H and O–H groups in total. The minimum Gasteiger partial charge on any atom is -0.206 e. The van der Waals surface area contributed by atoms with Crippen LogP contribution in [0.2, 0.25) is 0 Å². The van der Waals surface area contributed by atoms with Crippen molar-refractivity contribution in [1.82, 2.24) is 0 Å². The van der Waals surface area contributed by atoms with Crippen molar-refractivity contribution in [1.29, 1.82) is 0 Å². The minimum absolute atomic E-state index is 0.0848. The third-order valence-electron chi connectivity index (χ3n) is 6.21. The lowest BCUT2D eigenvalue weighted by atomic mass is 9.78. The summed E-state index contributed by atoms with van der Waals surface area (Å²) < 4.78 is 14.6. The highest BCUT2D eigenvalue weighted by Crippen LogP contribution is 2.34. The van der Waals surface area contributed by atoms with Crippen LogP contribution >= 0.6 is 0 Å². The SMILES string of the molecule is CCCC1CCC(CCc2ccc(-c3ccc(CC)cc3)c(F)c2)CC1. The predicted molar refractivity (Wildman–Crippen MR) is 110 cm³/mol. The van der Waals surface area contributed by atoms with Gasteiger partial charge < -0.3 is 0 Å². The molecule has 140 valence electrons. The summed E-state index contributed by atoms with van der Waals surface area (Å²) in [6.45, 7) is 4.43. The first-order chi connectivity index (χ1) is 12.7. The molecular weight excluding hydrogens is 319 g/mol.